The Labute approximate surface area is 58.8 Å². The second-order valence-corrected chi connectivity index (χ2v) is 3.54. The van der Waals surface area contributed by atoms with E-state index in [-0.39, 0.29) is 6.61 Å². The average molecular weight is 169 g/mol. The first-order valence-corrected chi connectivity index (χ1v) is 4.47. The molecular weight excluding hydrogens is 159 g/mol. The molecule has 6 heteroatoms. The average Bonchev–Trinajstić information content (AvgIpc) is 1.59. The Hall–Kier alpha value is -0.220. The van der Waals surface area contributed by atoms with Crippen molar-refractivity contribution in [2.24, 2.45) is 0 Å². The van der Waals surface area contributed by atoms with E-state index in [2.05, 4.69) is 4.52 Å². The van der Waals surface area contributed by atoms with Crippen molar-refractivity contribution < 1.29 is 24.2 Å². The minimum atomic E-state index is -3.60. The van der Waals surface area contributed by atoms with Crippen molar-refractivity contribution in [3.63, 3.8) is 0 Å². The van der Waals surface area contributed by atoms with Crippen LogP contribution in [0.1, 0.15) is 6.92 Å². The summed E-state index contributed by atoms with van der Waals surface area (Å²) in [6.07, 6.45) is -0.721. The number of carboxylic acid groups (broad SMARTS) is 1. The predicted molar refractivity (Wildman–Crippen MR) is 35.5 cm³/mol. The summed E-state index contributed by atoms with van der Waals surface area (Å²) in [5.74, 6) is -1.27. The molecule has 0 aliphatic rings. The van der Waals surface area contributed by atoms with Crippen molar-refractivity contribution in [2.45, 2.75) is 6.92 Å². The summed E-state index contributed by atoms with van der Waals surface area (Å²) in [5.41, 5.74) is 0. The van der Waals surface area contributed by atoms with Gasteiger partial charge in [-0.15, -0.1) is 0 Å². The number of hydrogen-bond donors (Lipinski definition) is 3. The van der Waals surface area contributed by atoms with Gasteiger partial charge in [0.1, 0.15) is 0 Å². The highest BCUT2D eigenvalue weighted by Gasteiger charge is 2.38. The van der Waals surface area contributed by atoms with Crippen LogP contribution in [-0.2, 0) is 9.32 Å². The maximum Gasteiger partial charge on any atom is 0.417 e. The second-order valence-electron chi connectivity index (χ2n) is 1.63. The van der Waals surface area contributed by atoms with Gasteiger partial charge in [-0.3, -0.25) is 0 Å². The first kappa shape index (κ1) is 9.78. The lowest BCUT2D eigenvalue weighted by Crippen LogP contribution is -2.10. The number of carboxylic acids is 1. The van der Waals surface area contributed by atoms with E-state index in [0.717, 1.165) is 0 Å². The quantitative estimate of drug-likeness (QED) is 0.509. The van der Waals surface area contributed by atoms with Crippen molar-refractivity contribution in [1.29, 1.82) is 0 Å². The summed E-state index contributed by atoms with van der Waals surface area (Å²) in [6.45, 7) is 1.66. The third-order valence-corrected chi connectivity index (χ3v) is 2.03. The van der Waals surface area contributed by atoms with E-state index in [1.165, 1.54) is 0 Å². The largest absolute Gasteiger partial charge is 0.478 e. The molecule has 3 N–H and O–H groups in total. The first-order chi connectivity index (χ1) is 4.48. The molecule has 0 aliphatic heterocycles. The van der Waals surface area contributed by atoms with Crippen molar-refractivity contribution in [3.05, 3.63) is 0 Å². The SMILES string of the molecule is CCO[P+](O)(O)CC(=O)O. The molecule has 5 nitrogen and oxygen atoms in total. The Morgan fingerprint density at radius 3 is 2.40 bits per heavy atom. The van der Waals surface area contributed by atoms with E-state index in [4.69, 9.17) is 14.9 Å². The van der Waals surface area contributed by atoms with E-state index in [0.29, 0.717) is 0 Å². The Morgan fingerprint density at radius 2 is 2.10 bits per heavy atom. The fourth-order valence-corrected chi connectivity index (χ4v) is 1.29. The van der Waals surface area contributed by atoms with Crippen LogP contribution in [0.15, 0.2) is 0 Å². The third kappa shape index (κ3) is 4.64. The Balaban J connectivity index is 3.74. The van der Waals surface area contributed by atoms with Crippen LogP contribution in [0.5, 0.6) is 0 Å². The highest BCUT2D eigenvalue weighted by Crippen LogP contribution is 2.50. The fraction of sp³-hybridized carbons (Fsp3) is 0.750. The van der Waals surface area contributed by atoms with E-state index >= 15 is 0 Å². The molecule has 0 radical (unpaired) electrons. The fourth-order valence-electron chi connectivity index (χ4n) is 0.429. The van der Waals surface area contributed by atoms with Gasteiger partial charge in [0.05, 0.1) is 6.61 Å². The van der Waals surface area contributed by atoms with Crippen molar-refractivity contribution in [2.75, 3.05) is 12.8 Å². The molecule has 0 bridgehead atoms. The molecule has 0 rings (SSSR count). The molecule has 60 valence electrons. The molecule has 10 heavy (non-hydrogen) atoms. The van der Waals surface area contributed by atoms with Crippen LogP contribution in [-0.4, -0.2) is 33.6 Å². The van der Waals surface area contributed by atoms with Crippen LogP contribution in [0.3, 0.4) is 0 Å². The lowest BCUT2D eigenvalue weighted by molar-refractivity contribution is -0.134. The van der Waals surface area contributed by atoms with Gasteiger partial charge in [-0.1, -0.05) is 0 Å². The van der Waals surface area contributed by atoms with Gasteiger partial charge in [-0.05, 0) is 6.92 Å². The lowest BCUT2D eigenvalue weighted by atomic mass is 10.8. The third-order valence-electron chi connectivity index (χ3n) is 0.677. The van der Waals surface area contributed by atoms with E-state index in [1.54, 1.807) is 6.92 Å². The van der Waals surface area contributed by atoms with Crippen LogP contribution in [0.2, 0.25) is 0 Å². The molecule has 0 atom stereocenters. The monoisotopic (exact) mass is 169 g/mol. The highest BCUT2D eigenvalue weighted by molar-refractivity contribution is 7.60. The maximum absolute atomic E-state index is 9.92. The molecule has 0 amide bonds. The molecule has 0 saturated carbocycles. The van der Waals surface area contributed by atoms with Crippen molar-refractivity contribution in [1.82, 2.24) is 0 Å². The van der Waals surface area contributed by atoms with Crippen LogP contribution in [0.25, 0.3) is 0 Å². The van der Waals surface area contributed by atoms with Gasteiger partial charge in [0.25, 0.3) is 0 Å². The Kier molecular flexibility index (Phi) is 3.75. The molecule has 0 aromatic carbocycles. The molecular formula is C4H10O5P+. The Morgan fingerprint density at radius 1 is 1.60 bits per heavy atom. The van der Waals surface area contributed by atoms with Crippen LogP contribution in [0.4, 0.5) is 0 Å². The molecule has 0 aliphatic carbocycles. The number of hydrogen-bond acceptors (Lipinski definition) is 4. The maximum atomic E-state index is 9.92. The normalized spacial score (nSPS) is 11.5. The summed E-state index contributed by atoms with van der Waals surface area (Å²) in [7, 11) is -3.60. The van der Waals surface area contributed by atoms with Crippen molar-refractivity contribution >= 4 is 13.9 Å². The predicted octanol–water partition coefficient (Wildman–Crippen LogP) is -0.145. The van der Waals surface area contributed by atoms with Crippen LogP contribution < -0.4 is 0 Å². The minimum Gasteiger partial charge on any atom is -0.478 e. The summed E-state index contributed by atoms with van der Waals surface area (Å²) >= 11 is 0. The molecule has 0 aromatic heterocycles. The van der Waals surface area contributed by atoms with Gasteiger partial charge in [0, 0.05) is 0 Å². The molecule has 0 heterocycles. The van der Waals surface area contributed by atoms with E-state index in [1.807, 2.05) is 0 Å². The van der Waals surface area contributed by atoms with Crippen molar-refractivity contribution in [3.8, 4) is 0 Å². The number of carbonyl (C=O) groups is 1. The summed E-state index contributed by atoms with van der Waals surface area (Å²) in [5, 5.41) is 8.10. The van der Waals surface area contributed by atoms with Gasteiger partial charge in [-0.25, -0.2) is 4.79 Å². The standard InChI is InChI=1S/C4H9O5P/c1-2-9-10(7,8)3-4(5)6/h7-8H,2-3H2,1H3/p+1. The summed E-state index contributed by atoms with van der Waals surface area (Å²) < 4.78 is 4.38. The van der Waals surface area contributed by atoms with Crippen LogP contribution >= 0.6 is 7.94 Å². The molecule has 0 spiro atoms. The minimum absolute atomic E-state index is 0.105. The number of rotatable bonds is 4. The smallest absolute Gasteiger partial charge is 0.417 e. The number of aliphatic carboxylic acids is 1. The summed E-state index contributed by atoms with van der Waals surface area (Å²) in [6, 6.07) is 0. The molecule has 0 saturated heterocycles. The topological polar surface area (TPSA) is 87.0 Å². The lowest BCUT2D eigenvalue weighted by Gasteiger charge is -2.05. The highest BCUT2D eigenvalue weighted by atomic mass is 31.2. The van der Waals surface area contributed by atoms with E-state index in [9.17, 15) is 4.79 Å². The van der Waals surface area contributed by atoms with Gasteiger partial charge >= 0.3 is 13.9 Å². The Bertz CT molecular complexity index is 123. The van der Waals surface area contributed by atoms with E-state index < -0.39 is 20.1 Å². The van der Waals surface area contributed by atoms with Gasteiger partial charge in [0.2, 0.25) is 6.16 Å². The zero-order valence-corrected chi connectivity index (χ0v) is 6.41. The van der Waals surface area contributed by atoms with Gasteiger partial charge in [-0.2, -0.15) is 14.3 Å². The second kappa shape index (κ2) is 3.83. The van der Waals surface area contributed by atoms with Gasteiger partial charge < -0.3 is 5.11 Å². The van der Waals surface area contributed by atoms with Gasteiger partial charge in [0.15, 0.2) is 0 Å². The molecule has 0 aromatic rings. The zero-order chi connectivity index (χ0) is 8.20. The summed E-state index contributed by atoms with van der Waals surface area (Å²) in [4.78, 5) is 27.4. The zero-order valence-electron chi connectivity index (χ0n) is 5.52. The molecule has 0 unspecified atom stereocenters. The first-order valence-electron chi connectivity index (χ1n) is 2.68. The molecule has 0 fully saturated rings. The van der Waals surface area contributed by atoms with Crippen LogP contribution in [0, 0.1) is 0 Å².